The van der Waals surface area contributed by atoms with E-state index in [0.29, 0.717) is 0 Å². The van der Waals surface area contributed by atoms with Crippen LogP contribution in [0.3, 0.4) is 0 Å². The molecule has 0 atom stereocenters. The van der Waals surface area contributed by atoms with Gasteiger partial charge in [0.1, 0.15) is 6.54 Å². The number of carbonyl (C=O) groups excluding carboxylic acids is 1. The third kappa shape index (κ3) is 2.00. The highest BCUT2D eigenvalue weighted by molar-refractivity contribution is 6.22. The standard InChI is InChI=1S/C18H15N3O/c1-11-5-4-6-12(9-11)16-18-17(21-15(22)10-19-16)13-7-2-3-8-14(13)20-18/h2-9,20H,10H2,1H3,(H,21,22). The van der Waals surface area contributed by atoms with Crippen molar-refractivity contribution >= 4 is 28.2 Å². The summed E-state index contributed by atoms with van der Waals surface area (Å²) in [7, 11) is 0. The Kier molecular flexibility index (Phi) is 2.82. The van der Waals surface area contributed by atoms with Crippen molar-refractivity contribution in [2.75, 3.05) is 11.9 Å². The van der Waals surface area contributed by atoms with Gasteiger partial charge in [-0.1, -0.05) is 42.0 Å². The van der Waals surface area contributed by atoms with Crippen LogP contribution in [-0.2, 0) is 4.79 Å². The molecule has 3 aromatic rings. The van der Waals surface area contributed by atoms with Crippen LogP contribution >= 0.6 is 0 Å². The average Bonchev–Trinajstić information content (AvgIpc) is 2.78. The molecule has 22 heavy (non-hydrogen) atoms. The van der Waals surface area contributed by atoms with Crippen molar-refractivity contribution in [2.45, 2.75) is 6.92 Å². The second-order valence-electron chi connectivity index (χ2n) is 5.50. The lowest BCUT2D eigenvalue weighted by Gasteiger charge is -2.06. The van der Waals surface area contributed by atoms with Gasteiger partial charge in [-0.25, -0.2) is 0 Å². The third-order valence-corrected chi connectivity index (χ3v) is 3.88. The molecule has 0 saturated heterocycles. The van der Waals surface area contributed by atoms with E-state index < -0.39 is 0 Å². The highest BCUT2D eigenvalue weighted by Crippen LogP contribution is 2.31. The minimum atomic E-state index is -0.0892. The SMILES string of the molecule is Cc1cccc(C2=NCC(=O)Nc3c2[nH]c2ccccc32)c1. The highest BCUT2D eigenvalue weighted by atomic mass is 16.1. The van der Waals surface area contributed by atoms with Gasteiger partial charge in [-0.05, 0) is 19.1 Å². The number of aryl methyl sites for hydroxylation is 1. The highest BCUT2D eigenvalue weighted by Gasteiger charge is 2.22. The van der Waals surface area contributed by atoms with Crippen LogP contribution in [0.1, 0.15) is 16.8 Å². The second kappa shape index (κ2) is 4.84. The molecule has 4 heteroatoms. The van der Waals surface area contributed by atoms with Gasteiger partial charge in [0.2, 0.25) is 5.91 Å². The molecule has 2 aromatic carbocycles. The Labute approximate surface area is 127 Å². The number of aromatic amines is 1. The minimum absolute atomic E-state index is 0.0892. The average molecular weight is 289 g/mol. The summed E-state index contributed by atoms with van der Waals surface area (Å²) in [5, 5.41) is 3.98. The van der Waals surface area contributed by atoms with Gasteiger partial charge in [0.25, 0.3) is 0 Å². The van der Waals surface area contributed by atoms with Crippen molar-refractivity contribution in [3.63, 3.8) is 0 Å². The monoisotopic (exact) mass is 289 g/mol. The maximum Gasteiger partial charge on any atom is 0.246 e. The van der Waals surface area contributed by atoms with Gasteiger partial charge in [-0.3, -0.25) is 9.79 Å². The van der Waals surface area contributed by atoms with E-state index >= 15 is 0 Å². The summed E-state index contributed by atoms with van der Waals surface area (Å²) in [5.74, 6) is -0.0892. The Balaban J connectivity index is 1.99. The van der Waals surface area contributed by atoms with E-state index in [1.54, 1.807) is 0 Å². The van der Waals surface area contributed by atoms with Crippen molar-refractivity contribution in [3.8, 4) is 0 Å². The van der Waals surface area contributed by atoms with Gasteiger partial charge in [0.15, 0.2) is 0 Å². The molecule has 2 heterocycles. The van der Waals surface area contributed by atoms with E-state index in [1.165, 1.54) is 5.56 Å². The largest absolute Gasteiger partial charge is 0.351 e. The predicted octanol–water partition coefficient (Wildman–Crippen LogP) is 3.27. The number of rotatable bonds is 1. The second-order valence-corrected chi connectivity index (χ2v) is 5.50. The molecule has 0 unspecified atom stereocenters. The summed E-state index contributed by atoms with van der Waals surface area (Å²) >= 11 is 0. The Morgan fingerprint density at radius 3 is 2.82 bits per heavy atom. The molecule has 0 aliphatic carbocycles. The molecule has 4 rings (SSSR count). The summed E-state index contributed by atoms with van der Waals surface area (Å²) in [6.07, 6.45) is 0. The maximum atomic E-state index is 12.0. The smallest absolute Gasteiger partial charge is 0.246 e. The molecule has 0 radical (unpaired) electrons. The summed E-state index contributed by atoms with van der Waals surface area (Å²) in [4.78, 5) is 19.9. The first kappa shape index (κ1) is 12.8. The molecular formula is C18H15N3O. The first-order valence-electron chi connectivity index (χ1n) is 7.25. The normalized spacial score (nSPS) is 14.2. The molecule has 1 aliphatic heterocycles. The molecule has 0 spiro atoms. The van der Waals surface area contributed by atoms with E-state index in [-0.39, 0.29) is 12.5 Å². The van der Waals surface area contributed by atoms with E-state index in [2.05, 4.69) is 34.3 Å². The van der Waals surface area contributed by atoms with Crippen LogP contribution in [0.15, 0.2) is 53.5 Å². The Morgan fingerprint density at radius 2 is 1.95 bits per heavy atom. The first-order valence-corrected chi connectivity index (χ1v) is 7.25. The number of amides is 1. The van der Waals surface area contributed by atoms with E-state index in [1.807, 2.05) is 36.4 Å². The number of fused-ring (bicyclic) bond motifs is 3. The number of carbonyl (C=O) groups is 1. The lowest BCUT2D eigenvalue weighted by Crippen LogP contribution is -2.13. The molecule has 0 fully saturated rings. The number of hydrogen-bond donors (Lipinski definition) is 2. The van der Waals surface area contributed by atoms with Crippen LogP contribution in [0.2, 0.25) is 0 Å². The molecule has 108 valence electrons. The summed E-state index contributed by atoms with van der Waals surface area (Å²) in [6.45, 7) is 2.19. The fourth-order valence-electron chi connectivity index (χ4n) is 2.89. The number of benzene rings is 2. The van der Waals surface area contributed by atoms with Crippen LogP contribution in [0, 0.1) is 6.92 Å². The van der Waals surface area contributed by atoms with E-state index in [4.69, 9.17) is 0 Å². The van der Waals surface area contributed by atoms with Gasteiger partial charge in [-0.15, -0.1) is 0 Å². The Hall–Kier alpha value is -2.88. The molecule has 4 nitrogen and oxygen atoms in total. The molecule has 1 amide bonds. The van der Waals surface area contributed by atoms with Crippen LogP contribution in [-0.4, -0.2) is 23.1 Å². The predicted molar refractivity (Wildman–Crippen MR) is 88.6 cm³/mol. The summed E-state index contributed by atoms with van der Waals surface area (Å²) in [6, 6.07) is 16.1. The molecule has 1 aromatic heterocycles. The van der Waals surface area contributed by atoms with Crippen molar-refractivity contribution in [1.29, 1.82) is 0 Å². The minimum Gasteiger partial charge on any atom is -0.351 e. The zero-order chi connectivity index (χ0) is 15.1. The fraction of sp³-hybridized carbons (Fsp3) is 0.111. The van der Waals surface area contributed by atoms with Crippen molar-refractivity contribution in [1.82, 2.24) is 4.98 Å². The third-order valence-electron chi connectivity index (χ3n) is 3.88. The Morgan fingerprint density at radius 1 is 1.09 bits per heavy atom. The van der Waals surface area contributed by atoms with Crippen LogP contribution in [0.25, 0.3) is 10.9 Å². The molecule has 0 bridgehead atoms. The zero-order valence-electron chi connectivity index (χ0n) is 12.2. The lowest BCUT2D eigenvalue weighted by molar-refractivity contribution is -0.114. The van der Waals surface area contributed by atoms with Gasteiger partial charge in [0, 0.05) is 16.5 Å². The van der Waals surface area contributed by atoms with Gasteiger partial charge >= 0.3 is 0 Å². The van der Waals surface area contributed by atoms with E-state index in [9.17, 15) is 4.79 Å². The number of anilines is 1. The quantitative estimate of drug-likeness (QED) is 0.709. The topological polar surface area (TPSA) is 57.2 Å². The molecule has 2 N–H and O–H groups in total. The summed E-state index contributed by atoms with van der Waals surface area (Å²) in [5.41, 5.74) is 5.70. The van der Waals surface area contributed by atoms with Crippen molar-refractivity contribution in [3.05, 3.63) is 65.4 Å². The number of aromatic nitrogens is 1. The van der Waals surface area contributed by atoms with Crippen molar-refractivity contribution in [2.24, 2.45) is 4.99 Å². The summed E-state index contributed by atoms with van der Waals surface area (Å²) < 4.78 is 0. The number of nitrogens with one attached hydrogen (secondary N) is 2. The number of para-hydroxylation sites is 1. The van der Waals surface area contributed by atoms with Gasteiger partial charge < -0.3 is 10.3 Å². The van der Waals surface area contributed by atoms with Crippen LogP contribution in [0.4, 0.5) is 5.69 Å². The fourth-order valence-corrected chi connectivity index (χ4v) is 2.89. The number of nitrogens with zero attached hydrogens (tertiary/aromatic N) is 1. The lowest BCUT2D eigenvalue weighted by atomic mass is 10.0. The Bertz CT molecular complexity index is 921. The van der Waals surface area contributed by atoms with E-state index in [0.717, 1.165) is 33.6 Å². The van der Waals surface area contributed by atoms with Crippen LogP contribution in [0.5, 0.6) is 0 Å². The van der Waals surface area contributed by atoms with Crippen LogP contribution < -0.4 is 5.32 Å². The molecule has 1 aliphatic rings. The van der Waals surface area contributed by atoms with Crippen molar-refractivity contribution < 1.29 is 4.79 Å². The zero-order valence-corrected chi connectivity index (χ0v) is 12.2. The number of H-pyrrole nitrogens is 1. The first-order chi connectivity index (χ1) is 10.7. The number of aliphatic imine (C=N–C) groups is 1. The number of hydrogen-bond acceptors (Lipinski definition) is 2. The van der Waals surface area contributed by atoms with Gasteiger partial charge in [-0.2, -0.15) is 0 Å². The van der Waals surface area contributed by atoms with Gasteiger partial charge in [0.05, 0.1) is 17.1 Å². The molecule has 0 saturated carbocycles. The molecular weight excluding hydrogens is 274 g/mol. The maximum absolute atomic E-state index is 12.0.